The first-order valence-electron chi connectivity index (χ1n) is 10.6. The Morgan fingerprint density at radius 3 is 2.76 bits per heavy atom. The number of nitrogens with one attached hydrogen (secondary N) is 1. The maximum Gasteiger partial charge on any atom is 0.307 e. The van der Waals surface area contributed by atoms with E-state index >= 15 is 0 Å². The maximum atomic E-state index is 12.9. The Balaban J connectivity index is 1.34. The molecule has 33 heavy (non-hydrogen) atoms. The minimum atomic E-state index is -0.868. The van der Waals surface area contributed by atoms with Crippen LogP contribution >= 0.6 is 11.3 Å². The number of nitrogens with zero attached hydrogens (tertiary/aromatic N) is 3. The fraction of sp³-hybridized carbons (Fsp3) is 0.348. The van der Waals surface area contributed by atoms with Crippen molar-refractivity contribution in [2.75, 3.05) is 6.54 Å². The first-order chi connectivity index (χ1) is 15.9. The number of benzene rings is 1. The van der Waals surface area contributed by atoms with Crippen LogP contribution in [0.4, 0.5) is 0 Å². The molecule has 2 aromatic heterocycles. The van der Waals surface area contributed by atoms with E-state index in [1.54, 1.807) is 17.0 Å². The monoisotopic (exact) mass is 468 g/mol. The Hall–Kier alpha value is -3.53. The summed E-state index contributed by atoms with van der Waals surface area (Å²) in [6, 6.07) is 6.99. The van der Waals surface area contributed by atoms with Gasteiger partial charge in [0, 0.05) is 23.5 Å². The molecule has 1 aromatic carbocycles. The van der Waals surface area contributed by atoms with E-state index < -0.39 is 5.97 Å². The van der Waals surface area contributed by atoms with Gasteiger partial charge in [-0.05, 0) is 25.3 Å². The number of aromatic nitrogens is 2. The number of thiazole rings is 1. The minimum absolute atomic E-state index is 0.0182. The molecule has 1 aliphatic rings. The zero-order chi connectivity index (χ0) is 23.4. The van der Waals surface area contributed by atoms with Gasteiger partial charge in [0.15, 0.2) is 6.39 Å². The molecular formula is C23H24N4O5S. The minimum Gasteiger partial charge on any atom is -0.481 e. The van der Waals surface area contributed by atoms with Crippen molar-refractivity contribution in [3.05, 3.63) is 58.6 Å². The number of carboxylic acids is 1. The highest BCUT2D eigenvalue weighted by molar-refractivity contribution is 7.09. The number of hydrogen-bond donors (Lipinski definition) is 2. The van der Waals surface area contributed by atoms with Gasteiger partial charge in [0.1, 0.15) is 5.01 Å². The molecule has 2 amide bonds. The number of rotatable bonds is 7. The number of carboxylic acid groups (broad SMARTS) is 1. The molecule has 1 fully saturated rings. The molecule has 0 saturated carbocycles. The van der Waals surface area contributed by atoms with Crippen molar-refractivity contribution in [2.45, 2.75) is 38.8 Å². The highest BCUT2D eigenvalue weighted by atomic mass is 32.1. The van der Waals surface area contributed by atoms with Crippen LogP contribution in [0.25, 0.3) is 11.3 Å². The highest BCUT2D eigenvalue weighted by Gasteiger charge is 2.36. The van der Waals surface area contributed by atoms with E-state index in [0.29, 0.717) is 19.5 Å². The van der Waals surface area contributed by atoms with Crippen LogP contribution in [-0.2, 0) is 22.6 Å². The number of amides is 2. The lowest BCUT2D eigenvalue weighted by Crippen LogP contribution is -2.51. The van der Waals surface area contributed by atoms with Crippen LogP contribution in [0.5, 0.6) is 0 Å². The highest BCUT2D eigenvalue weighted by Crippen LogP contribution is 2.26. The molecule has 172 valence electrons. The van der Waals surface area contributed by atoms with E-state index in [0.717, 1.165) is 28.2 Å². The normalized spacial score (nSPS) is 18.2. The van der Waals surface area contributed by atoms with Gasteiger partial charge in [-0.15, -0.1) is 11.3 Å². The number of hydrogen-bond acceptors (Lipinski definition) is 7. The van der Waals surface area contributed by atoms with Crippen molar-refractivity contribution in [3.63, 3.8) is 0 Å². The number of piperidine rings is 1. The lowest BCUT2D eigenvalue weighted by atomic mass is 9.89. The zero-order valence-electron chi connectivity index (χ0n) is 18.1. The fourth-order valence-electron chi connectivity index (χ4n) is 4.03. The molecular weight excluding hydrogens is 444 g/mol. The second kappa shape index (κ2) is 9.95. The number of aliphatic carboxylic acids is 1. The van der Waals surface area contributed by atoms with E-state index in [-0.39, 0.29) is 36.0 Å². The third kappa shape index (κ3) is 5.28. The van der Waals surface area contributed by atoms with E-state index in [2.05, 4.69) is 15.3 Å². The van der Waals surface area contributed by atoms with E-state index in [1.165, 1.54) is 23.9 Å². The van der Waals surface area contributed by atoms with Gasteiger partial charge in [0.25, 0.3) is 5.91 Å². The molecule has 2 N–H and O–H groups in total. The van der Waals surface area contributed by atoms with Crippen LogP contribution in [0.15, 0.2) is 46.7 Å². The lowest BCUT2D eigenvalue weighted by molar-refractivity contribution is -0.136. The molecule has 10 heteroatoms. The van der Waals surface area contributed by atoms with Crippen molar-refractivity contribution in [1.29, 1.82) is 0 Å². The van der Waals surface area contributed by atoms with Crippen molar-refractivity contribution < 1.29 is 23.9 Å². The summed E-state index contributed by atoms with van der Waals surface area (Å²) in [4.78, 5) is 46.4. The topological polar surface area (TPSA) is 126 Å². The summed E-state index contributed by atoms with van der Waals surface area (Å²) >= 11 is 1.45. The average molecular weight is 469 g/mol. The van der Waals surface area contributed by atoms with Gasteiger partial charge in [-0.3, -0.25) is 14.4 Å². The Bertz CT molecular complexity index is 1130. The quantitative estimate of drug-likeness (QED) is 0.546. The Morgan fingerprint density at radius 1 is 1.27 bits per heavy atom. The van der Waals surface area contributed by atoms with Gasteiger partial charge in [0.2, 0.25) is 11.7 Å². The maximum absolute atomic E-state index is 12.9. The largest absolute Gasteiger partial charge is 0.481 e. The first-order valence-corrected chi connectivity index (χ1v) is 11.5. The SMILES string of the molecule is CC1C(C(=O)NCc2nc(-c3ccc(CC(=O)O)cc3)cs2)CCCN1C(=O)c1cnco1. The van der Waals surface area contributed by atoms with Crippen molar-refractivity contribution in [3.8, 4) is 11.3 Å². The summed E-state index contributed by atoms with van der Waals surface area (Å²) in [6.45, 7) is 2.76. The molecule has 1 aliphatic heterocycles. The summed E-state index contributed by atoms with van der Waals surface area (Å²) < 4.78 is 5.12. The molecule has 2 unspecified atom stereocenters. The Kier molecular flexibility index (Phi) is 6.83. The Labute approximate surface area is 194 Å². The van der Waals surface area contributed by atoms with E-state index in [4.69, 9.17) is 9.52 Å². The lowest BCUT2D eigenvalue weighted by Gasteiger charge is -2.38. The van der Waals surface area contributed by atoms with Gasteiger partial charge in [-0.25, -0.2) is 9.97 Å². The van der Waals surface area contributed by atoms with E-state index in [1.807, 2.05) is 24.4 Å². The average Bonchev–Trinajstić information content (AvgIpc) is 3.50. The van der Waals surface area contributed by atoms with Crippen LogP contribution in [0, 0.1) is 5.92 Å². The molecule has 9 nitrogen and oxygen atoms in total. The van der Waals surface area contributed by atoms with Crippen LogP contribution in [0.3, 0.4) is 0 Å². The second-order valence-electron chi connectivity index (χ2n) is 7.97. The molecule has 3 heterocycles. The third-order valence-electron chi connectivity index (χ3n) is 5.80. The molecule has 0 aliphatic carbocycles. The van der Waals surface area contributed by atoms with Crippen LogP contribution < -0.4 is 5.32 Å². The molecule has 4 rings (SSSR count). The molecule has 0 bridgehead atoms. The van der Waals surface area contributed by atoms with Gasteiger partial charge in [0.05, 0.1) is 30.8 Å². The van der Waals surface area contributed by atoms with Crippen molar-refractivity contribution >= 4 is 29.1 Å². The van der Waals surface area contributed by atoms with Crippen molar-refractivity contribution in [1.82, 2.24) is 20.2 Å². The van der Waals surface area contributed by atoms with Crippen LogP contribution in [-0.4, -0.2) is 50.3 Å². The zero-order valence-corrected chi connectivity index (χ0v) is 18.9. The van der Waals surface area contributed by atoms with Crippen LogP contribution in [0.1, 0.15) is 40.9 Å². The van der Waals surface area contributed by atoms with Gasteiger partial charge in [-0.1, -0.05) is 24.3 Å². The molecule has 0 radical (unpaired) electrons. The summed E-state index contributed by atoms with van der Waals surface area (Å²) in [5.74, 6) is -1.36. The molecule has 1 saturated heterocycles. The molecule has 2 atom stereocenters. The Morgan fingerprint density at radius 2 is 2.06 bits per heavy atom. The van der Waals surface area contributed by atoms with Crippen LogP contribution in [0.2, 0.25) is 0 Å². The smallest absolute Gasteiger partial charge is 0.307 e. The summed E-state index contributed by atoms with van der Waals surface area (Å²) in [5, 5.41) is 14.5. The molecule has 3 aromatic rings. The predicted octanol–water partition coefficient (Wildman–Crippen LogP) is 2.98. The number of likely N-dealkylation sites (tertiary alicyclic amines) is 1. The molecule has 0 spiro atoms. The van der Waals surface area contributed by atoms with Gasteiger partial charge in [-0.2, -0.15) is 0 Å². The third-order valence-corrected chi connectivity index (χ3v) is 6.65. The standard InChI is InChI=1S/C23H24N4O5S/c1-14-17(3-2-8-27(14)23(31)19-10-24-13-32-19)22(30)25-11-20-26-18(12-33-20)16-6-4-15(5-7-16)9-21(28)29/h4-7,10,12-14,17H,2-3,8-9,11H2,1H3,(H,25,30)(H,28,29). The predicted molar refractivity (Wildman–Crippen MR) is 120 cm³/mol. The van der Waals surface area contributed by atoms with Gasteiger partial charge >= 0.3 is 5.97 Å². The second-order valence-corrected chi connectivity index (χ2v) is 8.91. The summed E-state index contributed by atoms with van der Waals surface area (Å²) in [7, 11) is 0. The number of oxazole rings is 1. The van der Waals surface area contributed by atoms with Crippen molar-refractivity contribution in [2.24, 2.45) is 5.92 Å². The van der Waals surface area contributed by atoms with Gasteiger partial charge < -0.3 is 19.7 Å². The first kappa shape index (κ1) is 22.7. The summed E-state index contributed by atoms with van der Waals surface area (Å²) in [5.41, 5.74) is 2.40. The fourth-order valence-corrected chi connectivity index (χ4v) is 4.77. The number of carbonyl (C=O) groups excluding carboxylic acids is 2. The number of carbonyl (C=O) groups is 3. The van der Waals surface area contributed by atoms with E-state index in [9.17, 15) is 14.4 Å². The summed E-state index contributed by atoms with van der Waals surface area (Å²) in [6.07, 6.45) is 4.04.